The van der Waals surface area contributed by atoms with E-state index in [-0.39, 0.29) is 5.91 Å². The monoisotopic (exact) mass is 308 g/mol. The van der Waals surface area contributed by atoms with E-state index in [0.717, 1.165) is 16.7 Å². The van der Waals surface area contributed by atoms with Crippen LogP contribution in [0.25, 0.3) is 0 Å². The third-order valence-corrected chi connectivity index (χ3v) is 2.99. The van der Waals surface area contributed by atoms with Gasteiger partial charge in [0, 0.05) is 16.5 Å². The minimum Gasteiger partial charge on any atom is -0.444 e. The molecule has 0 bridgehead atoms. The summed E-state index contributed by atoms with van der Waals surface area (Å²) in [5, 5.41) is 2.76. The second-order valence-corrected chi connectivity index (χ2v) is 4.68. The lowest BCUT2D eigenvalue weighted by Crippen LogP contribution is -2.22. The zero-order valence-electron chi connectivity index (χ0n) is 9.94. The van der Waals surface area contributed by atoms with Crippen LogP contribution in [0.15, 0.2) is 39.4 Å². The number of aryl methyl sites for hydroxylation is 1. The number of rotatable bonds is 4. The largest absolute Gasteiger partial charge is 0.444 e. The minimum atomic E-state index is -0.140. The van der Waals surface area contributed by atoms with Gasteiger partial charge in [-0.15, -0.1) is 0 Å². The summed E-state index contributed by atoms with van der Waals surface area (Å²) in [6, 6.07) is 7.17. The van der Waals surface area contributed by atoms with Gasteiger partial charge in [0.2, 0.25) is 5.89 Å². The molecule has 0 fully saturated rings. The Labute approximate surface area is 114 Å². The van der Waals surface area contributed by atoms with Crippen molar-refractivity contribution in [1.29, 1.82) is 0 Å². The Bertz CT molecular complexity index is 534. The van der Waals surface area contributed by atoms with Gasteiger partial charge in [0.05, 0.1) is 12.7 Å². The van der Waals surface area contributed by atoms with Crippen molar-refractivity contribution in [2.45, 2.75) is 19.9 Å². The van der Waals surface area contributed by atoms with Crippen LogP contribution in [-0.2, 0) is 13.0 Å². The highest BCUT2D eigenvalue weighted by Gasteiger charge is 2.07. The van der Waals surface area contributed by atoms with Gasteiger partial charge in [-0.2, -0.15) is 0 Å². The molecule has 0 atom stereocenters. The molecule has 2 aromatic rings. The summed E-state index contributed by atoms with van der Waals surface area (Å²) in [7, 11) is 0. The number of halogens is 1. The fourth-order valence-corrected chi connectivity index (χ4v) is 1.72. The van der Waals surface area contributed by atoms with E-state index in [4.69, 9.17) is 4.42 Å². The van der Waals surface area contributed by atoms with Crippen LogP contribution in [0.1, 0.15) is 28.9 Å². The number of hydrogen-bond acceptors (Lipinski definition) is 3. The van der Waals surface area contributed by atoms with Crippen LogP contribution in [0.5, 0.6) is 0 Å². The van der Waals surface area contributed by atoms with Gasteiger partial charge >= 0.3 is 0 Å². The predicted molar refractivity (Wildman–Crippen MR) is 71.2 cm³/mol. The van der Waals surface area contributed by atoms with Crippen molar-refractivity contribution in [2.24, 2.45) is 0 Å². The average molecular weight is 309 g/mol. The predicted octanol–water partition coefficient (Wildman–Crippen LogP) is 2.93. The summed E-state index contributed by atoms with van der Waals surface area (Å²) < 4.78 is 6.35. The molecular weight excluding hydrogens is 296 g/mol. The number of carbonyl (C=O) groups excluding carboxylic acids is 1. The van der Waals surface area contributed by atoms with Gasteiger partial charge in [-0.25, -0.2) is 4.98 Å². The van der Waals surface area contributed by atoms with Gasteiger partial charge in [-0.3, -0.25) is 4.79 Å². The Morgan fingerprint density at radius 3 is 2.72 bits per heavy atom. The number of oxazole rings is 1. The average Bonchev–Trinajstić information content (AvgIpc) is 2.85. The number of nitrogens with one attached hydrogen (secondary N) is 1. The number of hydrogen-bond donors (Lipinski definition) is 1. The molecule has 4 nitrogen and oxygen atoms in total. The first kappa shape index (κ1) is 12.8. The number of carbonyl (C=O) groups is 1. The maximum atomic E-state index is 11.8. The third-order valence-electron chi connectivity index (χ3n) is 2.46. The van der Waals surface area contributed by atoms with Crippen molar-refractivity contribution >= 4 is 21.8 Å². The molecule has 18 heavy (non-hydrogen) atoms. The van der Waals surface area contributed by atoms with Gasteiger partial charge in [0.15, 0.2) is 0 Å². The highest BCUT2D eigenvalue weighted by Crippen LogP contribution is 2.10. The van der Waals surface area contributed by atoms with E-state index < -0.39 is 0 Å². The summed E-state index contributed by atoms with van der Waals surface area (Å²) >= 11 is 3.32. The second-order valence-electron chi connectivity index (χ2n) is 3.76. The Morgan fingerprint density at radius 1 is 1.39 bits per heavy atom. The third kappa shape index (κ3) is 3.20. The van der Waals surface area contributed by atoms with Gasteiger partial charge in [0.1, 0.15) is 5.76 Å². The Hall–Kier alpha value is -1.62. The van der Waals surface area contributed by atoms with Crippen LogP contribution < -0.4 is 5.32 Å². The molecule has 1 amide bonds. The first-order chi connectivity index (χ1) is 8.69. The van der Waals surface area contributed by atoms with Crippen molar-refractivity contribution in [3.8, 4) is 0 Å². The fraction of sp³-hybridized carbons (Fsp3) is 0.231. The van der Waals surface area contributed by atoms with Crippen LogP contribution in [-0.4, -0.2) is 10.9 Å². The van der Waals surface area contributed by atoms with Crippen molar-refractivity contribution in [3.63, 3.8) is 0 Å². The number of amides is 1. The summed E-state index contributed by atoms with van der Waals surface area (Å²) in [6.07, 6.45) is 2.48. The molecule has 0 saturated heterocycles. The zero-order valence-corrected chi connectivity index (χ0v) is 11.5. The van der Waals surface area contributed by atoms with E-state index in [1.165, 1.54) is 0 Å². The first-order valence-electron chi connectivity index (χ1n) is 5.66. The van der Waals surface area contributed by atoms with Crippen LogP contribution in [0.2, 0.25) is 0 Å². The lowest BCUT2D eigenvalue weighted by molar-refractivity contribution is 0.0947. The van der Waals surface area contributed by atoms with Gasteiger partial charge < -0.3 is 9.73 Å². The number of benzene rings is 1. The molecule has 0 aliphatic carbocycles. The Kier molecular flexibility index (Phi) is 4.15. The highest BCUT2D eigenvalue weighted by atomic mass is 79.9. The maximum Gasteiger partial charge on any atom is 0.251 e. The first-order valence-corrected chi connectivity index (χ1v) is 6.45. The lowest BCUT2D eigenvalue weighted by Gasteiger charge is -2.02. The van der Waals surface area contributed by atoms with Crippen molar-refractivity contribution < 1.29 is 9.21 Å². The maximum absolute atomic E-state index is 11.8. The normalized spacial score (nSPS) is 10.3. The molecule has 0 unspecified atom stereocenters. The summed E-state index contributed by atoms with van der Waals surface area (Å²) in [5.41, 5.74) is 0.612. The molecule has 1 aromatic carbocycles. The SMILES string of the molecule is CCc1cnc(CNC(=O)c2ccc(Br)cc2)o1. The van der Waals surface area contributed by atoms with E-state index >= 15 is 0 Å². The molecule has 1 N–H and O–H groups in total. The molecule has 5 heteroatoms. The molecule has 1 aromatic heterocycles. The van der Waals surface area contributed by atoms with Crippen LogP contribution in [0, 0.1) is 0 Å². The summed E-state index contributed by atoms with van der Waals surface area (Å²) in [4.78, 5) is 15.9. The van der Waals surface area contributed by atoms with E-state index in [1.54, 1.807) is 18.3 Å². The van der Waals surface area contributed by atoms with Crippen molar-refractivity contribution in [3.05, 3.63) is 52.1 Å². The molecule has 94 valence electrons. The topological polar surface area (TPSA) is 55.1 Å². The molecule has 0 spiro atoms. The zero-order chi connectivity index (χ0) is 13.0. The fourth-order valence-electron chi connectivity index (χ4n) is 1.45. The molecule has 0 aliphatic heterocycles. The smallest absolute Gasteiger partial charge is 0.251 e. The molecule has 1 heterocycles. The summed E-state index contributed by atoms with van der Waals surface area (Å²) in [5.74, 6) is 1.21. The quantitative estimate of drug-likeness (QED) is 0.945. The van der Waals surface area contributed by atoms with Crippen molar-refractivity contribution in [1.82, 2.24) is 10.3 Å². The Morgan fingerprint density at radius 2 is 2.11 bits per heavy atom. The highest BCUT2D eigenvalue weighted by molar-refractivity contribution is 9.10. The van der Waals surface area contributed by atoms with Gasteiger partial charge in [0.25, 0.3) is 5.91 Å². The van der Waals surface area contributed by atoms with Crippen LogP contribution in [0.3, 0.4) is 0 Å². The summed E-state index contributed by atoms with van der Waals surface area (Å²) in [6.45, 7) is 2.29. The molecule has 2 rings (SSSR count). The van der Waals surface area contributed by atoms with Crippen molar-refractivity contribution in [2.75, 3.05) is 0 Å². The van der Waals surface area contributed by atoms with Crippen LogP contribution >= 0.6 is 15.9 Å². The number of aromatic nitrogens is 1. The van der Waals surface area contributed by atoms with E-state index in [1.807, 2.05) is 19.1 Å². The Balaban J connectivity index is 1.93. The van der Waals surface area contributed by atoms with E-state index in [0.29, 0.717) is 18.0 Å². The second kappa shape index (κ2) is 5.82. The van der Waals surface area contributed by atoms with Gasteiger partial charge in [-0.05, 0) is 24.3 Å². The standard InChI is InChI=1S/C13H13BrN2O2/c1-2-11-7-15-12(18-11)8-16-13(17)9-3-5-10(14)6-4-9/h3-7H,2,8H2,1H3,(H,16,17). The number of nitrogens with zero attached hydrogens (tertiary/aromatic N) is 1. The minimum absolute atomic E-state index is 0.140. The van der Waals surface area contributed by atoms with Gasteiger partial charge in [-0.1, -0.05) is 22.9 Å². The van der Waals surface area contributed by atoms with Crippen LogP contribution in [0.4, 0.5) is 0 Å². The van der Waals surface area contributed by atoms with E-state index in [2.05, 4.69) is 26.2 Å². The molecule has 0 aliphatic rings. The molecule has 0 saturated carbocycles. The molecule has 0 radical (unpaired) electrons. The lowest BCUT2D eigenvalue weighted by atomic mass is 10.2. The van der Waals surface area contributed by atoms with E-state index in [9.17, 15) is 4.79 Å². The molecular formula is C13H13BrN2O2.